The van der Waals surface area contributed by atoms with Crippen molar-refractivity contribution in [2.24, 2.45) is 4.99 Å². The zero-order valence-electron chi connectivity index (χ0n) is 19.2. The van der Waals surface area contributed by atoms with Crippen LogP contribution in [0.15, 0.2) is 58.2 Å². The molecule has 3 aromatic rings. The van der Waals surface area contributed by atoms with Crippen molar-refractivity contribution in [3.05, 3.63) is 65.6 Å². The van der Waals surface area contributed by atoms with Gasteiger partial charge in [-0.1, -0.05) is 56.3 Å². The van der Waals surface area contributed by atoms with Gasteiger partial charge in [0.15, 0.2) is 11.8 Å². The second kappa shape index (κ2) is 10.9. The molecular formula is C24H32N6O2. The standard InChI is InChI=1S/C24H32N6O2/c1-5-25-23(28-16-20(31)17-9-11-18(12-10-17)24(2,3)4)27-15-13-21-29-22(32-30-21)19-8-6-7-14-26-19/h6-12,14,20,31H,5,13,15-16H2,1-4H3,(H2,25,27,28). The minimum absolute atomic E-state index is 0.0842. The summed E-state index contributed by atoms with van der Waals surface area (Å²) in [6, 6.07) is 13.6. The molecule has 2 heterocycles. The molecule has 0 amide bonds. The van der Waals surface area contributed by atoms with E-state index in [0.29, 0.717) is 42.9 Å². The largest absolute Gasteiger partial charge is 0.386 e. The summed E-state index contributed by atoms with van der Waals surface area (Å²) in [5.41, 5.74) is 2.82. The number of aliphatic hydroxyl groups is 1. The van der Waals surface area contributed by atoms with E-state index in [1.165, 1.54) is 5.56 Å². The van der Waals surface area contributed by atoms with E-state index < -0.39 is 6.10 Å². The fourth-order valence-corrected chi connectivity index (χ4v) is 3.07. The Kier molecular flexibility index (Phi) is 7.94. The van der Waals surface area contributed by atoms with Crippen molar-refractivity contribution in [3.63, 3.8) is 0 Å². The summed E-state index contributed by atoms with van der Waals surface area (Å²) >= 11 is 0. The number of nitrogens with zero attached hydrogens (tertiary/aromatic N) is 4. The molecule has 8 heteroatoms. The summed E-state index contributed by atoms with van der Waals surface area (Å²) in [7, 11) is 0. The number of aromatic nitrogens is 3. The molecule has 0 aliphatic rings. The first-order chi connectivity index (χ1) is 15.4. The Balaban J connectivity index is 1.53. The maximum atomic E-state index is 10.5. The minimum Gasteiger partial charge on any atom is -0.386 e. The molecule has 1 atom stereocenters. The molecule has 3 N–H and O–H groups in total. The van der Waals surface area contributed by atoms with Gasteiger partial charge in [0.2, 0.25) is 0 Å². The molecule has 2 aromatic heterocycles. The SMILES string of the molecule is CCNC(=NCC(O)c1ccc(C(C)(C)C)cc1)NCCc1noc(-c2ccccn2)n1. The molecular weight excluding hydrogens is 404 g/mol. The number of rotatable bonds is 8. The number of benzene rings is 1. The molecule has 0 aliphatic carbocycles. The van der Waals surface area contributed by atoms with Crippen LogP contribution in [0.3, 0.4) is 0 Å². The number of hydrogen-bond donors (Lipinski definition) is 3. The number of aliphatic imine (C=N–C) groups is 1. The Morgan fingerprint density at radius 3 is 2.56 bits per heavy atom. The van der Waals surface area contributed by atoms with Gasteiger partial charge in [-0.2, -0.15) is 4.98 Å². The van der Waals surface area contributed by atoms with E-state index in [1.807, 2.05) is 37.3 Å². The third-order valence-electron chi connectivity index (χ3n) is 4.92. The van der Waals surface area contributed by atoms with Crippen molar-refractivity contribution in [2.45, 2.75) is 45.6 Å². The summed E-state index contributed by atoms with van der Waals surface area (Å²) in [5, 5.41) is 21.0. The van der Waals surface area contributed by atoms with Gasteiger partial charge in [-0.25, -0.2) is 0 Å². The Morgan fingerprint density at radius 1 is 1.12 bits per heavy atom. The van der Waals surface area contributed by atoms with Crippen LogP contribution in [0.1, 0.15) is 50.8 Å². The van der Waals surface area contributed by atoms with Crippen molar-refractivity contribution in [1.82, 2.24) is 25.8 Å². The second-order valence-electron chi connectivity index (χ2n) is 8.51. The summed E-state index contributed by atoms with van der Waals surface area (Å²) < 4.78 is 5.28. The maximum Gasteiger partial charge on any atom is 0.276 e. The van der Waals surface area contributed by atoms with Gasteiger partial charge in [0.05, 0.1) is 12.6 Å². The van der Waals surface area contributed by atoms with Gasteiger partial charge in [-0.05, 0) is 35.6 Å². The molecule has 1 unspecified atom stereocenters. The average molecular weight is 437 g/mol. The Labute approximate surface area is 189 Å². The summed E-state index contributed by atoms with van der Waals surface area (Å²) in [6.45, 7) is 10.1. The highest BCUT2D eigenvalue weighted by Gasteiger charge is 2.15. The Hall–Kier alpha value is -3.26. The maximum absolute atomic E-state index is 10.5. The quantitative estimate of drug-likeness (QED) is 0.367. The molecule has 1 aromatic carbocycles. The van der Waals surface area contributed by atoms with Crippen LogP contribution >= 0.6 is 0 Å². The Bertz CT molecular complexity index is 993. The zero-order valence-corrected chi connectivity index (χ0v) is 19.2. The van der Waals surface area contributed by atoms with Crippen molar-refractivity contribution in [2.75, 3.05) is 19.6 Å². The van der Waals surface area contributed by atoms with Crippen LogP contribution in [0, 0.1) is 0 Å². The lowest BCUT2D eigenvalue weighted by atomic mass is 9.86. The molecule has 170 valence electrons. The lowest BCUT2D eigenvalue weighted by molar-refractivity contribution is 0.187. The van der Waals surface area contributed by atoms with Crippen LogP contribution in [-0.2, 0) is 11.8 Å². The average Bonchev–Trinajstić information content (AvgIpc) is 3.26. The zero-order chi connectivity index (χ0) is 23.0. The first-order valence-corrected chi connectivity index (χ1v) is 10.9. The number of nitrogens with one attached hydrogen (secondary N) is 2. The van der Waals surface area contributed by atoms with Crippen molar-refractivity contribution >= 4 is 5.96 Å². The molecule has 0 fully saturated rings. The molecule has 0 saturated heterocycles. The van der Waals surface area contributed by atoms with Crippen LogP contribution in [-0.4, -0.2) is 45.8 Å². The topological polar surface area (TPSA) is 108 Å². The summed E-state index contributed by atoms with van der Waals surface area (Å²) in [6.07, 6.45) is 1.59. The monoisotopic (exact) mass is 436 g/mol. The number of aliphatic hydroxyl groups excluding tert-OH is 1. The number of hydrogen-bond acceptors (Lipinski definition) is 6. The third-order valence-corrected chi connectivity index (χ3v) is 4.92. The molecule has 3 rings (SSSR count). The van der Waals surface area contributed by atoms with Crippen LogP contribution in [0.2, 0.25) is 0 Å². The Morgan fingerprint density at radius 2 is 1.91 bits per heavy atom. The van der Waals surface area contributed by atoms with Crippen molar-refractivity contribution in [1.29, 1.82) is 0 Å². The van der Waals surface area contributed by atoms with Crippen LogP contribution in [0.5, 0.6) is 0 Å². The molecule has 0 saturated carbocycles. The van der Waals surface area contributed by atoms with Gasteiger partial charge < -0.3 is 20.3 Å². The number of pyridine rings is 1. The fourth-order valence-electron chi connectivity index (χ4n) is 3.07. The highest BCUT2D eigenvalue weighted by molar-refractivity contribution is 5.79. The highest BCUT2D eigenvalue weighted by Crippen LogP contribution is 2.24. The molecule has 32 heavy (non-hydrogen) atoms. The van der Waals surface area contributed by atoms with Crippen molar-refractivity contribution in [3.8, 4) is 11.6 Å². The van der Waals surface area contributed by atoms with E-state index in [9.17, 15) is 5.11 Å². The van der Waals surface area contributed by atoms with E-state index in [4.69, 9.17) is 4.52 Å². The van der Waals surface area contributed by atoms with Gasteiger partial charge in [0, 0.05) is 25.7 Å². The van der Waals surface area contributed by atoms with Gasteiger partial charge >= 0.3 is 0 Å². The van der Waals surface area contributed by atoms with Crippen LogP contribution in [0.4, 0.5) is 0 Å². The normalized spacial score (nSPS) is 13.1. The van der Waals surface area contributed by atoms with Gasteiger partial charge in [0.1, 0.15) is 5.69 Å². The third kappa shape index (κ3) is 6.62. The lowest BCUT2D eigenvalue weighted by Crippen LogP contribution is -2.38. The first-order valence-electron chi connectivity index (χ1n) is 10.9. The van der Waals surface area contributed by atoms with Crippen LogP contribution in [0.25, 0.3) is 11.6 Å². The predicted octanol–water partition coefficient (Wildman–Crippen LogP) is 3.26. The lowest BCUT2D eigenvalue weighted by Gasteiger charge is -2.20. The first kappa shape index (κ1) is 23.4. The van der Waals surface area contributed by atoms with E-state index in [1.54, 1.807) is 6.20 Å². The van der Waals surface area contributed by atoms with E-state index in [-0.39, 0.29) is 12.0 Å². The smallest absolute Gasteiger partial charge is 0.276 e. The second-order valence-corrected chi connectivity index (χ2v) is 8.51. The molecule has 0 radical (unpaired) electrons. The molecule has 0 aliphatic heterocycles. The fraction of sp³-hybridized carbons (Fsp3) is 0.417. The molecule has 8 nitrogen and oxygen atoms in total. The van der Waals surface area contributed by atoms with Gasteiger partial charge in [-0.15, -0.1) is 0 Å². The van der Waals surface area contributed by atoms with Crippen molar-refractivity contribution < 1.29 is 9.63 Å². The van der Waals surface area contributed by atoms with Gasteiger partial charge in [-0.3, -0.25) is 9.98 Å². The van der Waals surface area contributed by atoms with Crippen LogP contribution < -0.4 is 10.6 Å². The van der Waals surface area contributed by atoms with E-state index >= 15 is 0 Å². The van der Waals surface area contributed by atoms with E-state index in [2.05, 4.69) is 63.7 Å². The van der Waals surface area contributed by atoms with E-state index in [0.717, 1.165) is 5.56 Å². The summed E-state index contributed by atoms with van der Waals surface area (Å²) in [5.74, 6) is 1.63. The predicted molar refractivity (Wildman–Crippen MR) is 125 cm³/mol. The number of guanidine groups is 1. The molecule has 0 spiro atoms. The highest BCUT2D eigenvalue weighted by atomic mass is 16.5. The minimum atomic E-state index is -0.669. The molecule has 0 bridgehead atoms. The van der Waals surface area contributed by atoms with Gasteiger partial charge in [0.25, 0.3) is 5.89 Å². The summed E-state index contributed by atoms with van der Waals surface area (Å²) in [4.78, 5) is 13.1.